The Morgan fingerprint density at radius 3 is 2.81 bits per heavy atom. The topological polar surface area (TPSA) is 82.5 Å². The molecule has 21 heavy (non-hydrogen) atoms. The molecule has 1 saturated heterocycles. The van der Waals surface area contributed by atoms with Crippen LogP contribution in [0.1, 0.15) is 38.0 Å². The molecule has 1 fully saturated rings. The molecule has 7 heteroatoms. The molecule has 2 heterocycles. The molecule has 2 unspecified atom stereocenters. The molecule has 0 radical (unpaired) electrons. The second-order valence-electron chi connectivity index (χ2n) is 5.93. The normalized spacial score (nSPS) is 22.4. The van der Waals surface area contributed by atoms with Gasteiger partial charge < -0.3 is 10.0 Å². The summed E-state index contributed by atoms with van der Waals surface area (Å²) in [6.45, 7) is 6.90. The molecule has 2 rings (SSSR count). The van der Waals surface area contributed by atoms with Gasteiger partial charge in [-0.3, -0.25) is 10.1 Å². The number of carbonyl (C=O) groups excluding carboxylic acids is 1. The first-order valence-electron chi connectivity index (χ1n) is 7.10. The monoisotopic (exact) mass is 311 g/mol. The number of aromatic nitrogens is 1. The quantitative estimate of drug-likeness (QED) is 0.899. The molecule has 2 amide bonds. The zero-order chi connectivity index (χ0) is 15.6. The molecule has 2 atom stereocenters. The van der Waals surface area contributed by atoms with Crippen molar-refractivity contribution < 1.29 is 14.7 Å². The summed E-state index contributed by atoms with van der Waals surface area (Å²) < 4.78 is 0. The average molecular weight is 311 g/mol. The van der Waals surface area contributed by atoms with Crippen LogP contribution in [-0.2, 0) is 4.79 Å². The summed E-state index contributed by atoms with van der Waals surface area (Å²) in [4.78, 5) is 30.3. The van der Waals surface area contributed by atoms with Gasteiger partial charge in [0.25, 0.3) is 0 Å². The first-order chi connectivity index (χ1) is 9.88. The number of nitrogens with one attached hydrogen (secondary N) is 1. The number of piperidine rings is 1. The van der Waals surface area contributed by atoms with Crippen LogP contribution in [0.3, 0.4) is 0 Å². The maximum absolute atomic E-state index is 12.3. The van der Waals surface area contributed by atoms with Gasteiger partial charge >= 0.3 is 12.0 Å². The van der Waals surface area contributed by atoms with Gasteiger partial charge in [0.2, 0.25) is 0 Å². The zero-order valence-corrected chi connectivity index (χ0v) is 13.3. The summed E-state index contributed by atoms with van der Waals surface area (Å²) in [5.74, 6) is -0.258. The Morgan fingerprint density at radius 2 is 2.19 bits per heavy atom. The van der Waals surface area contributed by atoms with Crippen LogP contribution in [0, 0.1) is 11.8 Å². The lowest BCUT2D eigenvalue weighted by Crippen LogP contribution is -2.47. The van der Waals surface area contributed by atoms with Gasteiger partial charge in [-0.05, 0) is 18.3 Å². The van der Waals surface area contributed by atoms with Gasteiger partial charge in [-0.25, -0.2) is 9.78 Å². The van der Waals surface area contributed by atoms with Gasteiger partial charge in [-0.15, -0.1) is 11.3 Å². The van der Waals surface area contributed by atoms with Crippen molar-refractivity contribution in [2.45, 2.75) is 33.1 Å². The molecule has 0 aromatic carbocycles. The van der Waals surface area contributed by atoms with Crippen LogP contribution < -0.4 is 5.32 Å². The van der Waals surface area contributed by atoms with Crippen molar-refractivity contribution in [2.24, 2.45) is 11.8 Å². The Balaban J connectivity index is 2.05. The van der Waals surface area contributed by atoms with E-state index in [-0.39, 0.29) is 18.5 Å². The fraction of sp³-hybridized carbons (Fsp3) is 0.643. The van der Waals surface area contributed by atoms with Crippen LogP contribution in [0.15, 0.2) is 5.51 Å². The maximum atomic E-state index is 12.3. The number of aliphatic carboxylic acids is 1. The van der Waals surface area contributed by atoms with Crippen LogP contribution in [0.4, 0.5) is 10.6 Å². The molecule has 1 aromatic heterocycles. The summed E-state index contributed by atoms with van der Waals surface area (Å²) in [5.41, 5.74) is 1.71. The van der Waals surface area contributed by atoms with Crippen LogP contribution in [0.25, 0.3) is 0 Å². The smallest absolute Gasteiger partial charge is 0.323 e. The molecule has 116 valence electrons. The predicted molar refractivity (Wildman–Crippen MR) is 81.7 cm³/mol. The fourth-order valence-corrected chi connectivity index (χ4v) is 3.39. The summed E-state index contributed by atoms with van der Waals surface area (Å²) in [6.07, 6.45) is 0.618. The van der Waals surface area contributed by atoms with E-state index in [0.29, 0.717) is 24.7 Å². The number of amides is 2. The second-order valence-corrected chi connectivity index (χ2v) is 6.82. The number of carboxylic acid groups (broad SMARTS) is 1. The van der Waals surface area contributed by atoms with Crippen molar-refractivity contribution in [3.63, 3.8) is 0 Å². The van der Waals surface area contributed by atoms with E-state index < -0.39 is 11.9 Å². The molecule has 1 aliphatic rings. The molecule has 0 bridgehead atoms. The summed E-state index contributed by atoms with van der Waals surface area (Å²) >= 11 is 1.51. The van der Waals surface area contributed by atoms with Crippen molar-refractivity contribution in [3.8, 4) is 0 Å². The van der Waals surface area contributed by atoms with Crippen molar-refractivity contribution in [2.75, 3.05) is 18.4 Å². The zero-order valence-electron chi connectivity index (χ0n) is 12.5. The van der Waals surface area contributed by atoms with Crippen molar-refractivity contribution in [1.82, 2.24) is 9.88 Å². The van der Waals surface area contributed by atoms with Gasteiger partial charge in [0.1, 0.15) is 5.82 Å². The van der Waals surface area contributed by atoms with E-state index in [1.165, 1.54) is 11.3 Å². The highest BCUT2D eigenvalue weighted by atomic mass is 32.1. The van der Waals surface area contributed by atoms with Gasteiger partial charge in [-0.1, -0.05) is 20.8 Å². The van der Waals surface area contributed by atoms with E-state index in [1.54, 1.807) is 10.4 Å². The van der Waals surface area contributed by atoms with Crippen molar-refractivity contribution in [3.05, 3.63) is 10.4 Å². The Morgan fingerprint density at radius 1 is 1.48 bits per heavy atom. The van der Waals surface area contributed by atoms with Crippen LogP contribution >= 0.6 is 11.3 Å². The minimum Gasteiger partial charge on any atom is -0.481 e. The molecule has 0 saturated carbocycles. The lowest BCUT2D eigenvalue weighted by atomic mass is 9.91. The van der Waals surface area contributed by atoms with E-state index in [9.17, 15) is 9.59 Å². The molecule has 2 N–H and O–H groups in total. The highest BCUT2D eigenvalue weighted by molar-refractivity contribution is 7.10. The second kappa shape index (κ2) is 6.43. The minimum atomic E-state index is -0.837. The highest BCUT2D eigenvalue weighted by Crippen LogP contribution is 2.28. The number of thiazole rings is 1. The van der Waals surface area contributed by atoms with Gasteiger partial charge in [0.15, 0.2) is 0 Å². The number of rotatable bonds is 3. The van der Waals surface area contributed by atoms with Crippen LogP contribution in [-0.4, -0.2) is 40.1 Å². The fourth-order valence-electron chi connectivity index (χ4n) is 2.64. The minimum absolute atomic E-state index is 0.186. The van der Waals surface area contributed by atoms with Crippen LogP contribution in [0.5, 0.6) is 0 Å². The largest absolute Gasteiger partial charge is 0.481 e. The molecular formula is C14H21N3O3S. The maximum Gasteiger partial charge on any atom is 0.323 e. The molecule has 1 aromatic rings. The third kappa shape index (κ3) is 3.72. The molecule has 0 spiro atoms. The molecule has 6 nitrogen and oxygen atoms in total. The average Bonchev–Trinajstić information content (AvgIpc) is 2.86. The molecule has 0 aliphatic carbocycles. The van der Waals surface area contributed by atoms with Gasteiger partial charge in [-0.2, -0.15) is 0 Å². The number of nitrogens with zero attached hydrogens (tertiary/aromatic N) is 2. The summed E-state index contributed by atoms with van der Waals surface area (Å²) in [6, 6.07) is -0.263. The van der Waals surface area contributed by atoms with Gasteiger partial charge in [0.05, 0.1) is 16.3 Å². The Kier molecular flexibility index (Phi) is 4.82. The van der Waals surface area contributed by atoms with E-state index in [0.717, 1.165) is 4.88 Å². The van der Waals surface area contributed by atoms with Crippen molar-refractivity contribution in [1.29, 1.82) is 0 Å². The highest BCUT2D eigenvalue weighted by Gasteiger charge is 2.32. The van der Waals surface area contributed by atoms with E-state index in [1.807, 2.05) is 20.8 Å². The number of anilines is 1. The standard InChI is InChI=1S/C14H21N3O3S/c1-8(2)11-12(15-7-21-11)16-14(20)17-5-9(3)4-10(6-17)13(18)19/h7-10H,4-6H2,1-3H3,(H,16,20)(H,18,19). The Labute approximate surface area is 128 Å². The van der Waals surface area contributed by atoms with E-state index in [2.05, 4.69) is 10.3 Å². The van der Waals surface area contributed by atoms with Crippen LogP contribution in [0.2, 0.25) is 0 Å². The van der Waals surface area contributed by atoms with E-state index in [4.69, 9.17) is 5.11 Å². The lowest BCUT2D eigenvalue weighted by Gasteiger charge is -2.34. The molecule has 1 aliphatic heterocycles. The number of urea groups is 1. The number of hydrogen-bond acceptors (Lipinski definition) is 4. The predicted octanol–water partition coefficient (Wildman–Crippen LogP) is 2.84. The molecular weight excluding hydrogens is 290 g/mol. The third-order valence-electron chi connectivity index (χ3n) is 3.64. The summed E-state index contributed by atoms with van der Waals surface area (Å²) in [5, 5.41) is 12.0. The number of carboxylic acids is 1. The van der Waals surface area contributed by atoms with E-state index >= 15 is 0 Å². The third-order valence-corrected chi connectivity index (χ3v) is 4.77. The number of likely N-dealkylation sites (tertiary alicyclic amines) is 1. The number of hydrogen-bond donors (Lipinski definition) is 2. The number of carbonyl (C=O) groups is 2. The Hall–Kier alpha value is -1.63. The van der Waals surface area contributed by atoms with Crippen molar-refractivity contribution >= 4 is 29.2 Å². The first kappa shape index (κ1) is 15.8. The van der Waals surface area contributed by atoms with Gasteiger partial charge in [0, 0.05) is 13.1 Å². The Bertz CT molecular complexity index is 529. The lowest BCUT2D eigenvalue weighted by molar-refractivity contribution is -0.143. The first-order valence-corrected chi connectivity index (χ1v) is 7.98. The summed E-state index contributed by atoms with van der Waals surface area (Å²) in [7, 11) is 0. The SMILES string of the molecule is CC1CC(C(=O)O)CN(C(=O)Nc2ncsc2C(C)C)C1.